The quantitative estimate of drug-likeness (QED) is 0.571. The van der Waals surface area contributed by atoms with Crippen LogP contribution in [-0.4, -0.2) is 67.8 Å². The highest BCUT2D eigenvalue weighted by atomic mass is 16.5. The molecule has 0 saturated heterocycles. The van der Waals surface area contributed by atoms with Gasteiger partial charge in [0.2, 0.25) is 0 Å². The normalized spacial score (nSPS) is 12.7. The number of carboxylic acids is 1. The number of ether oxygens (including phenoxy) is 1. The highest BCUT2D eigenvalue weighted by molar-refractivity contribution is 5.96. The van der Waals surface area contributed by atoms with Crippen LogP contribution in [0.25, 0.3) is 11.1 Å². The van der Waals surface area contributed by atoms with Gasteiger partial charge in [0, 0.05) is 12.5 Å². The number of likely N-dealkylation sites (N-methyl/N-ethyl adjacent to an activating group) is 1. The number of carboxylic acid groups (broad SMARTS) is 1. The molecule has 32 heavy (non-hydrogen) atoms. The van der Waals surface area contributed by atoms with Crippen molar-refractivity contribution in [1.29, 1.82) is 0 Å². The van der Waals surface area contributed by atoms with E-state index >= 15 is 0 Å². The van der Waals surface area contributed by atoms with Gasteiger partial charge in [0.25, 0.3) is 5.91 Å². The number of carbonyl (C=O) groups is 3. The summed E-state index contributed by atoms with van der Waals surface area (Å²) in [6.07, 6.45) is -0.641. The Bertz CT molecular complexity index is 1030. The van der Waals surface area contributed by atoms with Crippen LogP contribution in [0.2, 0.25) is 0 Å². The van der Waals surface area contributed by atoms with Crippen molar-refractivity contribution in [3.8, 4) is 23.0 Å². The first-order valence-electron chi connectivity index (χ1n) is 10.1. The Morgan fingerprint density at radius 1 is 1.06 bits per heavy atom. The molecular formula is C24H25N3O5. The van der Waals surface area contributed by atoms with Crippen molar-refractivity contribution in [2.75, 3.05) is 33.8 Å². The fourth-order valence-corrected chi connectivity index (χ4v) is 3.64. The Morgan fingerprint density at radius 2 is 1.66 bits per heavy atom. The zero-order valence-corrected chi connectivity index (χ0v) is 17.9. The van der Waals surface area contributed by atoms with Crippen LogP contribution in [0.4, 0.5) is 4.79 Å². The van der Waals surface area contributed by atoms with Gasteiger partial charge >= 0.3 is 12.1 Å². The monoisotopic (exact) mass is 435 g/mol. The predicted molar refractivity (Wildman–Crippen MR) is 119 cm³/mol. The van der Waals surface area contributed by atoms with Crippen LogP contribution in [-0.2, 0) is 14.3 Å². The molecule has 1 unspecified atom stereocenters. The van der Waals surface area contributed by atoms with Crippen molar-refractivity contribution in [2.45, 2.75) is 12.0 Å². The Balaban J connectivity index is 1.49. The van der Waals surface area contributed by atoms with E-state index in [4.69, 9.17) is 9.84 Å². The fraction of sp³-hybridized carbons (Fsp3) is 0.292. The maximum absolute atomic E-state index is 12.1. The van der Waals surface area contributed by atoms with Gasteiger partial charge in [0.1, 0.15) is 12.6 Å². The third-order valence-corrected chi connectivity index (χ3v) is 5.02. The number of hydrogen-bond acceptors (Lipinski definition) is 5. The summed E-state index contributed by atoms with van der Waals surface area (Å²) in [5, 5.41) is 13.9. The molecule has 2 aromatic carbocycles. The minimum absolute atomic E-state index is 0.0466. The molecule has 2 aromatic rings. The molecule has 1 aliphatic rings. The fourth-order valence-electron chi connectivity index (χ4n) is 3.64. The van der Waals surface area contributed by atoms with Gasteiger partial charge in [-0.05, 0) is 42.3 Å². The zero-order chi connectivity index (χ0) is 23.1. The molecule has 8 heteroatoms. The van der Waals surface area contributed by atoms with Gasteiger partial charge < -0.3 is 25.4 Å². The molecule has 3 N–H and O–H groups in total. The molecule has 2 amide bonds. The van der Waals surface area contributed by atoms with Crippen LogP contribution in [0, 0.1) is 11.8 Å². The molecule has 8 nitrogen and oxygen atoms in total. The van der Waals surface area contributed by atoms with Crippen molar-refractivity contribution in [1.82, 2.24) is 15.5 Å². The highest BCUT2D eigenvalue weighted by Gasteiger charge is 2.28. The summed E-state index contributed by atoms with van der Waals surface area (Å²) in [6.45, 7) is 0.217. The van der Waals surface area contributed by atoms with Gasteiger partial charge in [-0.3, -0.25) is 4.79 Å². The maximum atomic E-state index is 12.1. The van der Waals surface area contributed by atoms with Crippen molar-refractivity contribution >= 4 is 18.0 Å². The first-order chi connectivity index (χ1) is 15.4. The van der Waals surface area contributed by atoms with Gasteiger partial charge in [0.15, 0.2) is 0 Å². The third-order valence-electron chi connectivity index (χ3n) is 5.02. The van der Waals surface area contributed by atoms with Crippen LogP contribution in [0.15, 0.2) is 48.5 Å². The number of aliphatic carboxylic acids is 1. The van der Waals surface area contributed by atoms with E-state index in [0.717, 1.165) is 22.3 Å². The number of alkyl carbamates (subject to hydrolysis) is 1. The van der Waals surface area contributed by atoms with Crippen LogP contribution in [0.1, 0.15) is 17.0 Å². The van der Waals surface area contributed by atoms with E-state index in [1.807, 2.05) is 36.4 Å². The maximum Gasteiger partial charge on any atom is 0.407 e. The SMILES string of the molecule is CN(C)CC(NC(=O)C#CCNC(=O)OCC1c2ccccc2-c2ccccc21)C(=O)O. The Kier molecular flexibility index (Phi) is 7.47. The molecule has 0 fully saturated rings. The molecule has 166 valence electrons. The summed E-state index contributed by atoms with van der Waals surface area (Å²) in [7, 11) is 3.40. The van der Waals surface area contributed by atoms with Gasteiger partial charge in [-0.15, -0.1) is 0 Å². The molecule has 0 saturated carbocycles. The molecule has 0 aromatic heterocycles. The average Bonchev–Trinajstić information content (AvgIpc) is 3.08. The molecular weight excluding hydrogens is 410 g/mol. The van der Waals surface area contributed by atoms with E-state index in [1.165, 1.54) is 0 Å². The number of rotatable bonds is 7. The van der Waals surface area contributed by atoms with Crippen molar-refractivity contribution < 1.29 is 24.2 Å². The van der Waals surface area contributed by atoms with Gasteiger partial charge in [-0.1, -0.05) is 54.5 Å². The molecule has 3 rings (SSSR count). The second-order valence-corrected chi connectivity index (χ2v) is 7.61. The van der Waals surface area contributed by atoms with Gasteiger partial charge in [0.05, 0.1) is 6.54 Å². The largest absolute Gasteiger partial charge is 0.480 e. The molecule has 0 heterocycles. The second-order valence-electron chi connectivity index (χ2n) is 7.61. The van der Waals surface area contributed by atoms with Crippen molar-refractivity contribution in [3.63, 3.8) is 0 Å². The van der Waals surface area contributed by atoms with Crippen molar-refractivity contribution in [2.24, 2.45) is 0 Å². The second kappa shape index (κ2) is 10.5. The van der Waals surface area contributed by atoms with Crippen LogP contribution >= 0.6 is 0 Å². The third kappa shape index (κ3) is 5.65. The molecule has 0 radical (unpaired) electrons. The number of nitrogens with zero attached hydrogens (tertiary/aromatic N) is 1. The van der Waals surface area contributed by atoms with Gasteiger partial charge in [-0.2, -0.15) is 0 Å². The standard InChI is InChI=1S/C24H25N3O5/c1-27(2)14-21(23(29)30)26-22(28)12-7-13-25-24(31)32-15-20-18-10-5-3-8-16(18)17-9-4-6-11-19(17)20/h3-6,8-11,20-21H,13-15H2,1-2H3,(H,25,31)(H,26,28)(H,29,30). The number of carbonyl (C=O) groups excluding carboxylic acids is 2. The minimum Gasteiger partial charge on any atom is -0.480 e. The Hall–Kier alpha value is -3.83. The van der Waals surface area contributed by atoms with Crippen LogP contribution in [0.3, 0.4) is 0 Å². The number of benzene rings is 2. The molecule has 0 bridgehead atoms. The van der Waals surface area contributed by atoms with E-state index in [2.05, 4.69) is 34.6 Å². The van der Waals surface area contributed by atoms with E-state index < -0.39 is 24.0 Å². The summed E-state index contributed by atoms with van der Waals surface area (Å²) >= 11 is 0. The van der Waals surface area contributed by atoms with Crippen LogP contribution in [0.5, 0.6) is 0 Å². The lowest BCUT2D eigenvalue weighted by molar-refractivity contribution is -0.141. The van der Waals surface area contributed by atoms with Gasteiger partial charge in [-0.25, -0.2) is 9.59 Å². The minimum atomic E-state index is -1.15. The number of hydrogen-bond donors (Lipinski definition) is 3. The summed E-state index contributed by atoms with van der Waals surface area (Å²) in [5.41, 5.74) is 4.51. The van der Waals surface area contributed by atoms with E-state index in [0.29, 0.717) is 0 Å². The van der Waals surface area contributed by atoms with Crippen molar-refractivity contribution in [3.05, 3.63) is 59.7 Å². The smallest absolute Gasteiger partial charge is 0.407 e. The number of nitrogens with one attached hydrogen (secondary N) is 2. The summed E-state index contributed by atoms with van der Waals surface area (Å²) in [6, 6.07) is 15.0. The number of fused-ring (bicyclic) bond motifs is 3. The Labute approximate surface area is 186 Å². The average molecular weight is 435 g/mol. The summed E-state index contributed by atoms with van der Waals surface area (Å²) < 4.78 is 5.38. The summed E-state index contributed by atoms with van der Waals surface area (Å²) in [4.78, 5) is 36.7. The van der Waals surface area contributed by atoms with Crippen LogP contribution < -0.4 is 10.6 Å². The lowest BCUT2D eigenvalue weighted by Crippen LogP contribution is -2.46. The van der Waals surface area contributed by atoms with E-state index in [9.17, 15) is 14.4 Å². The topological polar surface area (TPSA) is 108 Å². The predicted octanol–water partition coefficient (Wildman–Crippen LogP) is 1.66. The molecule has 1 atom stereocenters. The first kappa shape index (κ1) is 22.8. The van der Waals surface area contributed by atoms with E-state index in [-0.39, 0.29) is 25.6 Å². The zero-order valence-electron chi connectivity index (χ0n) is 17.9. The molecule has 0 aliphatic heterocycles. The summed E-state index contributed by atoms with van der Waals surface area (Å²) in [5.74, 6) is 2.84. The lowest BCUT2D eigenvalue weighted by Gasteiger charge is -2.17. The Morgan fingerprint density at radius 3 is 2.22 bits per heavy atom. The van der Waals surface area contributed by atoms with E-state index in [1.54, 1.807) is 19.0 Å². The number of amides is 2. The lowest BCUT2D eigenvalue weighted by atomic mass is 9.98. The molecule has 0 spiro atoms. The first-order valence-corrected chi connectivity index (χ1v) is 10.1. The highest BCUT2D eigenvalue weighted by Crippen LogP contribution is 2.44. The molecule has 1 aliphatic carbocycles.